The van der Waals surface area contributed by atoms with Crippen molar-refractivity contribution in [2.45, 2.75) is 63.3 Å². The molecular formula is C22H31N3O3. The van der Waals surface area contributed by atoms with Crippen LogP contribution in [0.5, 0.6) is 0 Å². The van der Waals surface area contributed by atoms with Gasteiger partial charge in [-0.1, -0.05) is 30.3 Å². The molecule has 0 spiro atoms. The van der Waals surface area contributed by atoms with Gasteiger partial charge < -0.3 is 20.7 Å². The second-order valence-electron chi connectivity index (χ2n) is 7.69. The van der Waals surface area contributed by atoms with E-state index < -0.39 is 18.2 Å². The molecule has 6 nitrogen and oxygen atoms in total. The van der Waals surface area contributed by atoms with Crippen molar-refractivity contribution in [2.24, 2.45) is 5.73 Å². The largest absolute Gasteiger partial charge is 0.372 e. The summed E-state index contributed by atoms with van der Waals surface area (Å²) in [6.07, 6.45) is 5.70. The first-order valence-electron chi connectivity index (χ1n) is 10.2. The maximum Gasteiger partial charge on any atom is 0.243 e. The Morgan fingerprint density at radius 1 is 1.36 bits per heavy atom. The zero-order valence-corrected chi connectivity index (χ0v) is 16.6. The molecule has 2 aliphatic rings. The Morgan fingerprint density at radius 3 is 2.93 bits per heavy atom. The van der Waals surface area contributed by atoms with Crippen LogP contribution in [-0.4, -0.2) is 48.1 Å². The Balaban J connectivity index is 1.65. The Bertz CT molecular complexity index is 721. The monoisotopic (exact) mass is 385 g/mol. The summed E-state index contributed by atoms with van der Waals surface area (Å²) in [5.41, 5.74) is 8.60. The molecular weight excluding hydrogens is 354 g/mol. The number of nitrogens with one attached hydrogen (secondary N) is 1. The first-order chi connectivity index (χ1) is 13.5. The molecule has 28 heavy (non-hydrogen) atoms. The van der Waals surface area contributed by atoms with E-state index in [9.17, 15) is 9.59 Å². The van der Waals surface area contributed by atoms with Crippen LogP contribution >= 0.6 is 0 Å². The summed E-state index contributed by atoms with van der Waals surface area (Å²) in [5.74, 6) is -0.308. The lowest BCUT2D eigenvalue weighted by atomic mass is 9.87. The number of carbonyl (C=O) groups is 2. The zero-order chi connectivity index (χ0) is 20.1. The maximum atomic E-state index is 13.0. The highest BCUT2D eigenvalue weighted by Gasteiger charge is 2.38. The van der Waals surface area contributed by atoms with E-state index in [4.69, 9.17) is 10.5 Å². The molecule has 1 aliphatic carbocycles. The molecule has 0 unspecified atom stereocenters. The lowest BCUT2D eigenvalue weighted by molar-refractivity contribution is -0.142. The molecule has 3 N–H and O–H groups in total. The topological polar surface area (TPSA) is 84.7 Å². The Labute approximate surface area is 167 Å². The van der Waals surface area contributed by atoms with Crippen LogP contribution < -0.4 is 11.1 Å². The first kappa shape index (κ1) is 20.6. The number of hydrogen-bond acceptors (Lipinski definition) is 4. The highest BCUT2D eigenvalue weighted by Crippen LogP contribution is 2.30. The Morgan fingerprint density at radius 2 is 2.14 bits per heavy atom. The summed E-state index contributed by atoms with van der Waals surface area (Å²) in [4.78, 5) is 27.5. The molecule has 152 valence electrons. The van der Waals surface area contributed by atoms with Gasteiger partial charge in [0.15, 0.2) is 0 Å². The molecule has 0 bridgehead atoms. The molecule has 1 aromatic rings. The van der Waals surface area contributed by atoms with Crippen LogP contribution in [0.4, 0.5) is 0 Å². The molecule has 2 amide bonds. The summed E-state index contributed by atoms with van der Waals surface area (Å²) < 4.78 is 5.50. The normalized spacial score (nSPS) is 23.6. The molecule has 0 radical (unpaired) electrons. The van der Waals surface area contributed by atoms with Crippen LogP contribution in [0.25, 0.3) is 0 Å². The van der Waals surface area contributed by atoms with Gasteiger partial charge in [0.2, 0.25) is 11.8 Å². The van der Waals surface area contributed by atoms with Gasteiger partial charge in [-0.2, -0.15) is 0 Å². The number of nitrogens with zero attached hydrogens (tertiary/aromatic N) is 1. The fourth-order valence-electron chi connectivity index (χ4n) is 4.19. The van der Waals surface area contributed by atoms with Gasteiger partial charge in [-0.25, -0.2) is 0 Å². The quantitative estimate of drug-likeness (QED) is 0.704. The number of ether oxygens (including phenoxy) is 1. The Kier molecular flexibility index (Phi) is 6.86. The third-order valence-corrected chi connectivity index (χ3v) is 5.79. The minimum absolute atomic E-state index is 0.0125. The van der Waals surface area contributed by atoms with Crippen molar-refractivity contribution in [3.05, 3.63) is 48.0 Å². The van der Waals surface area contributed by atoms with Crippen LogP contribution in [0.1, 0.15) is 49.8 Å². The van der Waals surface area contributed by atoms with Gasteiger partial charge in [0.25, 0.3) is 0 Å². The number of amides is 2. The molecule has 3 rings (SSSR count). The average Bonchev–Trinajstić information content (AvgIpc) is 3.21. The van der Waals surface area contributed by atoms with E-state index >= 15 is 0 Å². The van der Waals surface area contributed by atoms with Gasteiger partial charge in [-0.15, -0.1) is 6.58 Å². The Hall–Kier alpha value is -2.18. The van der Waals surface area contributed by atoms with Crippen molar-refractivity contribution < 1.29 is 14.3 Å². The van der Waals surface area contributed by atoms with Crippen molar-refractivity contribution in [1.82, 2.24) is 10.2 Å². The average molecular weight is 386 g/mol. The lowest BCUT2D eigenvalue weighted by Crippen LogP contribution is -2.55. The molecule has 6 heteroatoms. The van der Waals surface area contributed by atoms with E-state index in [0.717, 1.165) is 25.7 Å². The van der Waals surface area contributed by atoms with Crippen LogP contribution in [0, 0.1) is 0 Å². The number of aryl methyl sites for hydroxylation is 1. The van der Waals surface area contributed by atoms with E-state index in [1.807, 2.05) is 12.1 Å². The summed E-state index contributed by atoms with van der Waals surface area (Å²) >= 11 is 0. The number of likely N-dealkylation sites (tertiary alicyclic amines) is 1. The highest BCUT2D eigenvalue weighted by atomic mass is 16.5. The van der Waals surface area contributed by atoms with E-state index in [1.165, 1.54) is 11.1 Å². The third-order valence-electron chi connectivity index (χ3n) is 5.79. The molecule has 1 aliphatic heterocycles. The van der Waals surface area contributed by atoms with Crippen molar-refractivity contribution in [2.75, 3.05) is 13.2 Å². The summed E-state index contributed by atoms with van der Waals surface area (Å²) in [7, 11) is 0. The lowest BCUT2D eigenvalue weighted by Gasteiger charge is -2.31. The second kappa shape index (κ2) is 9.34. The van der Waals surface area contributed by atoms with Gasteiger partial charge >= 0.3 is 0 Å². The summed E-state index contributed by atoms with van der Waals surface area (Å²) in [5, 5.41) is 3.19. The second-order valence-corrected chi connectivity index (χ2v) is 7.69. The predicted octanol–water partition coefficient (Wildman–Crippen LogP) is 2.09. The van der Waals surface area contributed by atoms with Gasteiger partial charge in [0.05, 0.1) is 18.8 Å². The van der Waals surface area contributed by atoms with Crippen LogP contribution in [0.3, 0.4) is 0 Å². The number of carbonyl (C=O) groups excluding carboxylic acids is 2. The molecule has 1 fully saturated rings. The fraction of sp³-hybridized carbons (Fsp3) is 0.545. The predicted molar refractivity (Wildman–Crippen MR) is 109 cm³/mol. The fourth-order valence-corrected chi connectivity index (χ4v) is 4.19. The zero-order valence-electron chi connectivity index (χ0n) is 16.6. The van der Waals surface area contributed by atoms with Crippen LogP contribution in [-0.2, 0) is 20.7 Å². The maximum absolute atomic E-state index is 13.0. The van der Waals surface area contributed by atoms with E-state index in [0.29, 0.717) is 19.6 Å². The molecule has 1 saturated heterocycles. The van der Waals surface area contributed by atoms with Crippen molar-refractivity contribution >= 4 is 11.8 Å². The molecule has 0 saturated carbocycles. The van der Waals surface area contributed by atoms with Crippen molar-refractivity contribution in [3.63, 3.8) is 0 Å². The van der Waals surface area contributed by atoms with Crippen LogP contribution in [0.2, 0.25) is 0 Å². The van der Waals surface area contributed by atoms with Gasteiger partial charge in [0.1, 0.15) is 12.1 Å². The molecule has 1 aromatic carbocycles. The van der Waals surface area contributed by atoms with Gasteiger partial charge in [0, 0.05) is 6.54 Å². The summed E-state index contributed by atoms with van der Waals surface area (Å²) in [6, 6.07) is 7.03. The molecule has 4 atom stereocenters. The number of nitrogens with two attached hydrogens (primary N) is 1. The third kappa shape index (κ3) is 4.45. The highest BCUT2D eigenvalue weighted by molar-refractivity contribution is 5.90. The minimum atomic E-state index is -0.788. The van der Waals surface area contributed by atoms with E-state index in [-0.39, 0.29) is 17.9 Å². The smallest absolute Gasteiger partial charge is 0.243 e. The van der Waals surface area contributed by atoms with E-state index in [2.05, 4.69) is 24.0 Å². The summed E-state index contributed by atoms with van der Waals surface area (Å²) in [6.45, 7) is 6.28. The van der Waals surface area contributed by atoms with Crippen LogP contribution in [0.15, 0.2) is 36.9 Å². The number of hydrogen-bond donors (Lipinski definition) is 2. The first-order valence-corrected chi connectivity index (χ1v) is 10.2. The number of fused-ring (bicyclic) bond motifs is 1. The standard InChI is InChI=1S/C22H31N3O3/c1-3-14-28-15(2)20(23)22(27)25-13-7-12-19(25)21(26)24-18-11-6-9-16-8-4-5-10-17(16)18/h3-5,8,10,15,18-20H,1,6-7,9,11-14,23H2,2H3,(H,24,26)/t15-,18-,19+,20+/m1/s1. The van der Waals surface area contributed by atoms with Gasteiger partial charge in [-0.05, 0) is 50.2 Å². The number of benzene rings is 1. The molecule has 1 heterocycles. The SMILES string of the molecule is C=CCO[C@H](C)[C@H](N)C(=O)N1CCC[C@H]1C(=O)N[C@@H]1CCCc2ccccc21. The van der Waals surface area contributed by atoms with E-state index in [1.54, 1.807) is 17.9 Å². The molecule has 0 aromatic heterocycles. The van der Waals surface area contributed by atoms with Gasteiger partial charge in [-0.3, -0.25) is 9.59 Å². The van der Waals surface area contributed by atoms with Crippen molar-refractivity contribution in [3.8, 4) is 0 Å². The number of rotatable bonds is 7. The van der Waals surface area contributed by atoms with Crippen molar-refractivity contribution in [1.29, 1.82) is 0 Å². The minimum Gasteiger partial charge on any atom is -0.372 e.